The Bertz CT molecular complexity index is 472. The summed E-state index contributed by atoms with van der Waals surface area (Å²) in [6, 6.07) is 7.95. The van der Waals surface area contributed by atoms with Crippen molar-refractivity contribution in [3.8, 4) is 5.75 Å². The predicted octanol–water partition coefficient (Wildman–Crippen LogP) is 2.58. The third kappa shape index (κ3) is 2.95. The van der Waals surface area contributed by atoms with Gasteiger partial charge in [0.2, 0.25) is 0 Å². The Morgan fingerprint density at radius 1 is 1.26 bits per heavy atom. The Hall–Kier alpha value is -1.00. The number of phenolic OH excluding ortho intramolecular Hbond substituents is 1. The van der Waals surface area contributed by atoms with Gasteiger partial charge in [0.25, 0.3) is 0 Å². The SMILES string of the molecule is NCC1CCC2N=C(Cc3ccc(O)cc3)SC2C1. The average Bonchev–Trinajstić information content (AvgIpc) is 2.82. The Kier molecular flexibility index (Phi) is 3.80. The van der Waals surface area contributed by atoms with E-state index in [1.807, 2.05) is 23.9 Å². The standard InChI is InChI=1S/C15H20N2OS/c16-9-11-3-6-13-14(7-11)19-15(17-13)8-10-1-4-12(18)5-2-10/h1-2,4-5,11,13-14,18H,3,6-9,16H2. The van der Waals surface area contributed by atoms with Gasteiger partial charge in [0, 0.05) is 11.7 Å². The molecular weight excluding hydrogens is 256 g/mol. The molecule has 0 amide bonds. The van der Waals surface area contributed by atoms with Crippen molar-refractivity contribution in [3.63, 3.8) is 0 Å². The number of fused-ring (bicyclic) bond motifs is 1. The Morgan fingerprint density at radius 3 is 2.79 bits per heavy atom. The zero-order chi connectivity index (χ0) is 13.2. The minimum Gasteiger partial charge on any atom is -0.508 e. The average molecular weight is 276 g/mol. The van der Waals surface area contributed by atoms with Crippen LogP contribution in [0, 0.1) is 5.92 Å². The van der Waals surface area contributed by atoms with E-state index >= 15 is 0 Å². The maximum Gasteiger partial charge on any atom is 0.115 e. The van der Waals surface area contributed by atoms with Crippen LogP contribution in [-0.4, -0.2) is 28.0 Å². The molecule has 102 valence electrons. The summed E-state index contributed by atoms with van der Waals surface area (Å²) < 4.78 is 0. The van der Waals surface area contributed by atoms with Gasteiger partial charge in [-0.25, -0.2) is 0 Å². The van der Waals surface area contributed by atoms with E-state index in [1.165, 1.54) is 29.9 Å². The molecule has 3 unspecified atom stereocenters. The molecule has 2 aliphatic rings. The van der Waals surface area contributed by atoms with Crippen LogP contribution in [-0.2, 0) is 6.42 Å². The summed E-state index contributed by atoms with van der Waals surface area (Å²) in [6.07, 6.45) is 4.53. The predicted molar refractivity (Wildman–Crippen MR) is 80.8 cm³/mol. The van der Waals surface area contributed by atoms with Crippen LogP contribution in [0.5, 0.6) is 5.75 Å². The van der Waals surface area contributed by atoms with Crippen molar-refractivity contribution in [2.24, 2.45) is 16.6 Å². The van der Waals surface area contributed by atoms with Gasteiger partial charge in [-0.2, -0.15) is 0 Å². The van der Waals surface area contributed by atoms with Gasteiger partial charge < -0.3 is 10.8 Å². The molecule has 1 saturated carbocycles. The Balaban J connectivity index is 1.63. The van der Waals surface area contributed by atoms with Gasteiger partial charge in [-0.05, 0) is 49.4 Å². The fourth-order valence-electron chi connectivity index (χ4n) is 2.95. The molecule has 3 N–H and O–H groups in total. The van der Waals surface area contributed by atoms with Gasteiger partial charge in [-0.15, -0.1) is 11.8 Å². The molecule has 1 fully saturated rings. The van der Waals surface area contributed by atoms with Gasteiger partial charge >= 0.3 is 0 Å². The lowest BCUT2D eigenvalue weighted by molar-refractivity contribution is 0.347. The van der Waals surface area contributed by atoms with Gasteiger partial charge in [0.05, 0.1) is 11.1 Å². The zero-order valence-electron chi connectivity index (χ0n) is 11.0. The van der Waals surface area contributed by atoms with Crippen molar-refractivity contribution in [2.45, 2.75) is 37.0 Å². The number of thioether (sulfide) groups is 1. The minimum absolute atomic E-state index is 0.323. The second kappa shape index (κ2) is 5.55. The van der Waals surface area contributed by atoms with Gasteiger partial charge in [-0.3, -0.25) is 4.99 Å². The van der Waals surface area contributed by atoms with Gasteiger partial charge in [0.1, 0.15) is 5.75 Å². The molecule has 1 aromatic carbocycles. The van der Waals surface area contributed by atoms with Crippen LogP contribution in [0.4, 0.5) is 0 Å². The van der Waals surface area contributed by atoms with E-state index in [1.54, 1.807) is 12.1 Å². The first-order valence-electron chi connectivity index (χ1n) is 6.96. The highest BCUT2D eigenvalue weighted by molar-refractivity contribution is 8.14. The summed E-state index contributed by atoms with van der Waals surface area (Å²) >= 11 is 1.94. The van der Waals surface area contributed by atoms with Crippen LogP contribution in [0.25, 0.3) is 0 Å². The first-order chi connectivity index (χ1) is 9.24. The van der Waals surface area contributed by atoms with Gasteiger partial charge in [-0.1, -0.05) is 12.1 Å². The zero-order valence-corrected chi connectivity index (χ0v) is 11.8. The fraction of sp³-hybridized carbons (Fsp3) is 0.533. The van der Waals surface area contributed by atoms with Crippen LogP contribution in [0.2, 0.25) is 0 Å². The number of benzene rings is 1. The number of phenols is 1. The van der Waals surface area contributed by atoms with Gasteiger partial charge in [0.15, 0.2) is 0 Å². The van der Waals surface area contributed by atoms with Crippen LogP contribution >= 0.6 is 11.8 Å². The maximum absolute atomic E-state index is 9.30. The molecule has 1 aromatic rings. The first kappa shape index (κ1) is 13.0. The quantitative estimate of drug-likeness (QED) is 0.892. The topological polar surface area (TPSA) is 58.6 Å². The molecule has 1 aliphatic carbocycles. The third-order valence-corrected chi connectivity index (χ3v) is 5.42. The van der Waals surface area contributed by atoms with E-state index < -0.39 is 0 Å². The van der Waals surface area contributed by atoms with Crippen molar-refractivity contribution in [1.82, 2.24) is 0 Å². The summed E-state index contributed by atoms with van der Waals surface area (Å²) in [5, 5.41) is 11.2. The van der Waals surface area contributed by atoms with Crippen LogP contribution in [0.1, 0.15) is 24.8 Å². The highest BCUT2D eigenvalue weighted by Gasteiger charge is 2.35. The molecule has 3 rings (SSSR count). The van der Waals surface area contributed by atoms with E-state index in [2.05, 4.69) is 0 Å². The number of nitrogens with two attached hydrogens (primary N) is 1. The van der Waals surface area contributed by atoms with Crippen LogP contribution in [0.15, 0.2) is 29.3 Å². The van der Waals surface area contributed by atoms with E-state index in [4.69, 9.17) is 10.7 Å². The normalized spacial score (nSPS) is 29.9. The monoisotopic (exact) mass is 276 g/mol. The van der Waals surface area contributed by atoms with E-state index in [9.17, 15) is 5.11 Å². The lowest BCUT2D eigenvalue weighted by atomic mass is 9.86. The van der Waals surface area contributed by atoms with Crippen molar-refractivity contribution >= 4 is 16.8 Å². The molecule has 0 spiro atoms. The van der Waals surface area contributed by atoms with E-state index in [0.29, 0.717) is 23.0 Å². The molecule has 19 heavy (non-hydrogen) atoms. The molecule has 0 aromatic heterocycles. The van der Waals surface area contributed by atoms with Crippen molar-refractivity contribution < 1.29 is 5.11 Å². The number of aliphatic imine (C=N–C) groups is 1. The fourth-order valence-corrected chi connectivity index (χ4v) is 4.47. The molecule has 1 aliphatic heterocycles. The molecule has 1 heterocycles. The highest BCUT2D eigenvalue weighted by Crippen LogP contribution is 2.40. The first-order valence-corrected chi connectivity index (χ1v) is 7.84. The number of nitrogens with zero attached hydrogens (tertiary/aromatic N) is 1. The van der Waals surface area contributed by atoms with Crippen molar-refractivity contribution in [2.75, 3.05) is 6.54 Å². The van der Waals surface area contributed by atoms with Crippen molar-refractivity contribution in [3.05, 3.63) is 29.8 Å². The number of hydrogen-bond donors (Lipinski definition) is 2. The second-order valence-corrected chi connectivity index (χ2v) is 6.82. The smallest absolute Gasteiger partial charge is 0.115 e. The van der Waals surface area contributed by atoms with Crippen LogP contribution in [0.3, 0.4) is 0 Å². The number of hydrogen-bond acceptors (Lipinski definition) is 4. The number of rotatable bonds is 3. The van der Waals surface area contributed by atoms with E-state index in [-0.39, 0.29) is 0 Å². The van der Waals surface area contributed by atoms with Crippen LogP contribution < -0.4 is 5.73 Å². The molecule has 0 bridgehead atoms. The lowest BCUT2D eigenvalue weighted by Gasteiger charge is -2.28. The third-order valence-electron chi connectivity index (χ3n) is 4.09. The summed E-state index contributed by atoms with van der Waals surface area (Å²) in [7, 11) is 0. The lowest BCUT2D eigenvalue weighted by Crippen LogP contribution is -2.31. The highest BCUT2D eigenvalue weighted by atomic mass is 32.2. The Labute approximate surface area is 118 Å². The second-order valence-electron chi connectivity index (χ2n) is 5.50. The molecule has 3 nitrogen and oxygen atoms in total. The summed E-state index contributed by atoms with van der Waals surface area (Å²) in [4.78, 5) is 4.87. The molecule has 0 radical (unpaired) electrons. The molecule has 0 saturated heterocycles. The maximum atomic E-state index is 9.30. The van der Waals surface area contributed by atoms with Crippen molar-refractivity contribution in [1.29, 1.82) is 0 Å². The largest absolute Gasteiger partial charge is 0.508 e. The minimum atomic E-state index is 0.323. The molecule has 4 heteroatoms. The summed E-state index contributed by atoms with van der Waals surface area (Å²) in [5.41, 5.74) is 7.01. The molecular formula is C15H20N2OS. The Morgan fingerprint density at radius 2 is 2.05 bits per heavy atom. The number of aromatic hydroxyl groups is 1. The summed E-state index contributed by atoms with van der Waals surface area (Å²) in [5.74, 6) is 1.01. The summed E-state index contributed by atoms with van der Waals surface area (Å²) in [6.45, 7) is 0.817. The molecule has 3 atom stereocenters. The van der Waals surface area contributed by atoms with E-state index in [0.717, 1.165) is 13.0 Å².